The van der Waals surface area contributed by atoms with Gasteiger partial charge in [-0.05, 0) is 45.3 Å². The van der Waals surface area contributed by atoms with Crippen LogP contribution in [0.15, 0.2) is 17.6 Å². The fraction of sp³-hybridized carbons (Fsp3) is 0.467. The number of nitrogens with two attached hydrogens (primary N) is 3. The van der Waals surface area contributed by atoms with Crippen LogP contribution < -0.4 is 17.2 Å². The molecular formula is C15H23BFN3O2. The Morgan fingerprint density at radius 2 is 1.73 bits per heavy atom. The van der Waals surface area contributed by atoms with Crippen LogP contribution in [-0.2, 0) is 9.31 Å². The molecule has 0 unspecified atom stereocenters. The van der Waals surface area contributed by atoms with Gasteiger partial charge in [-0.15, -0.1) is 0 Å². The summed E-state index contributed by atoms with van der Waals surface area (Å²) < 4.78 is 25.4. The van der Waals surface area contributed by atoms with Crippen molar-refractivity contribution in [1.82, 2.24) is 0 Å². The van der Waals surface area contributed by atoms with Crippen molar-refractivity contribution in [1.29, 1.82) is 0 Å². The maximum absolute atomic E-state index is 13.5. The lowest BCUT2D eigenvalue weighted by Crippen LogP contribution is -2.41. The first-order chi connectivity index (χ1) is 10.1. The Hall–Kier alpha value is -1.57. The number of anilines is 2. The molecule has 22 heavy (non-hydrogen) atoms. The highest BCUT2D eigenvalue weighted by molar-refractivity contribution is 6.56. The van der Waals surface area contributed by atoms with Crippen molar-refractivity contribution in [3.63, 3.8) is 0 Å². The standard InChI is InChI=1S/C15H23BFN3O2/c1-14(2)15(3,4)22-16(21-14)10(8-18)5-9-6-11(17)7-12(19)13(9)20/h5-7H,8,18-20H2,1-4H3. The minimum Gasteiger partial charge on any atom is -0.400 e. The molecule has 0 aromatic heterocycles. The summed E-state index contributed by atoms with van der Waals surface area (Å²) in [4.78, 5) is 0. The molecule has 1 aromatic carbocycles. The lowest BCUT2D eigenvalue weighted by atomic mass is 9.77. The molecule has 1 aromatic rings. The molecule has 1 heterocycles. The molecule has 5 nitrogen and oxygen atoms in total. The van der Waals surface area contributed by atoms with Crippen molar-refractivity contribution in [2.45, 2.75) is 38.9 Å². The molecule has 0 radical (unpaired) electrons. The number of nitrogen functional groups attached to an aromatic ring is 2. The smallest absolute Gasteiger partial charge is 0.400 e. The van der Waals surface area contributed by atoms with Gasteiger partial charge in [0.2, 0.25) is 0 Å². The predicted octanol–water partition coefficient (Wildman–Crippen LogP) is 1.96. The van der Waals surface area contributed by atoms with Gasteiger partial charge in [0, 0.05) is 12.1 Å². The fourth-order valence-corrected chi connectivity index (χ4v) is 2.20. The van der Waals surface area contributed by atoms with E-state index in [1.165, 1.54) is 12.1 Å². The van der Waals surface area contributed by atoms with Crippen LogP contribution in [0.1, 0.15) is 33.3 Å². The van der Waals surface area contributed by atoms with Gasteiger partial charge in [0.1, 0.15) is 5.82 Å². The first-order valence-corrected chi connectivity index (χ1v) is 7.18. The van der Waals surface area contributed by atoms with Gasteiger partial charge in [0.15, 0.2) is 0 Å². The number of benzene rings is 1. The minimum absolute atomic E-state index is 0.191. The molecule has 1 saturated heterocycles. The normalized spacial score (nSPS) is 20.5. The molecule has 1 aliphatic rings. The van der Waals surface area contributed by atoms with E-state index in [0.29, 0.717) is 16.7 Å². The van der Waals surface area contributed by atoms with Gasteiger partial charge in [0.05, 0.1) is 22.6 Å². The first kappa shape index (κ1) is 16.8. The van der Waals surface area contributed by atoms with E-state index in [4.69, 9.17) is 26.5 Å². The summed E-state index contributed by atoms with van der Waals surface area (Å²) in [7, 11) is -0.598. The summed E-state index contributed by atoms with van der Waals surface area (Å²) in [6.07, 6.45) is 1.68. The molecule has 1 aliphatic heterocycles. The minimum atomic E-state index is -0.598. The third kappa shape index (κ3) is 2.97. The highest BCUT2D eigenvalue weighted by Gasteiger charge is 2.52. The molecule has 0 aliphatic carbocycles. The van der Waals surface area contributed by atoms with E-state index in [0.717, 1.165) is 0 Å². The van der Waals surface area contributed by atoms with Crippen molar-refractivity contribution in [2.24, 2.45) is 5.73 Å². The largest absolute Gasteiger partial charge is 0.491 e. The molecule has 1 fully saturated rings. The third-order valence-electron chi connectivity index (χ3n) is 4.34. The van der Waals surface area contributed by atoms with Crippen LogP contribution in [-0.4, -0.2) is 24.9 Å². The average molecular weight is 307 g/mol. The van der Waals surface area contributed by atoms with Crippen LogP contribution in [0.5, 0.6) is 0 Å². The molecule has 0 spiro atoms. The SMILES string of the molecule is CC1(C)OB(C(=Cc2cc(F)cc(N)c2N)CN)OC1(C)C. The van der Waals surface area contributed by atoms with E-state index in [1.54, 1.807) is 6.08 Å². The monoisotopic (exact) mass is 307 g/mol. The second kappa shape index (κ2) is 5.57. The second-order valence-electron chi connectivity index (χ2n) is 6.51. The highest BCUT2D eigenvalue weighted by atomic mass is 19.1. The Kier molecular flexibility index (Phi) is 4.25. The topological polar surface area (TPSA) is 96.5 Å². The van der Waals surface area contributed by atoms with Crippen LogP contribution in [0.2, 0.25) is 0 Å². The summed E-state index contributed by atoms with van der Waals surface area (Å²) in [5, 5.41) is 0. The molecule has 2 rings (SSSR count). The van der Waals surface area contributed by atoms with Crippen molar-refractivity contribution in [2.75, 3.05) is 18.0 Å². The van der Waals surface area contributed by atoms with Crippen LogP contribution in [0.25, 0.3) is 6.08 Å². The lowest BCUT2D eigenvalue weighted by molar-refractivity contribution is 0.00578. The zero-order valence-corrected chi connectivity index (χ0v) is 13.4. The van der Waals surface area contributed by atoms with Crippen LogP contribution >= 0.6 is 0 Å². The molecular weight excluding hydrogens is 284 g/mol. The summed E-state index contributed by atoms with van der Waals surface area (Å²) >= 11 is 0. The molecule has 0 bridgehead atoms. The Morgan fingerprint density at radius 3 is 2.23 bits per heavy atom. The third-order valence-corrected chi connectivity index (χ3v) is 4.34. The van der Waals surface area contributed by atoms with Gasteiger partial charge in [-0.25, -0.2) is 4.39 Å². The highest BCUT2D eigenvalue weighted by Crippen LogP contribution is 2.39. The Balaban J connectivity index is 2.38. The zero-order valence-electron chi connectivity index (χ0n) is 13.4. The molecule has 6 N–H and O–H groups in total. The number of hydrogen-bond donors (Lipinski definition) is 3. The van der Waals surface area contributed by atoms with Crippen LogP contribution in [0, 0.1) is 5.82 Å². The summed E-state index contributed by atoms with van der Waals surface area (Å²) in [5.41, 5.74) is 18.1. The van der Waals surface area contributed by atoms with Crippen molar-refractivity contribution in [3.05, 3.63) is 29.0 Å². The quantitative estimate of drug-likeness (QED) is 0.586. The molecule has 7 heteroatoms. The molecule has 120 valence electrons. The lowest BCUT2D eigenvalue weighted by Gasteiger charge is -2.32. The Bertz CT molecular complexity index is 601. The summed E-state index contributed by atoms with van der Waals surface area (Å²) in [6, 6.07) is 2.50. The van der Waals surface area contributed by atoms with Crippen molar-refractivity contribution < 1.29 is 13.7 Å². The summed E-state index contributed by atoms with van der Waals surface area (Å²) in [6.45, 7) is 8.02. The van der Waals surface area contributed by atoms with E-state index in [9.17, 15) is 4.39 Å². The number of rotatable bonds is 3. The first-order valence-electron chi connectivity index (χ1n) is 7.18. The second-order valence-corrected chi connectivity index (χ2v) is 6.51. The number of hydrogen-bond acceptors (Lipinski definition) is 5. The van der Waals surface area contributed by atoms with E-state index in [1.807, 2.05) is 27.7 Å². The summed E-state index contributed by atoms with van der Waals surface area (Å²) in [5.74, 6) is -0.455. The number of halogens is 1. The molecule has 0 saturated carbocycles. The molecule has 0 amide bonds. The van der Waals surface area contributed by atoms with Gasteiger partial charge < -0.3 is 26.5 Å². The Morgan fingerprint density at radius 1 is 1.18 bits per heavy atom. The van der Waals surface area contributed by atoms with Crippen molar-refractivity contribution in [3.8, 4) is 0 Å². The molecule has 0 atom stereocenters. The van der Waals surface area contributed by atoms with E-state index in [-0.39, 0.29) is 12.2 Å². The van der Waals surface area contributed by atoms with Gasteiger partial charge in [-0.2, -0.15) is 0 Å². The Labute approximate surface area is 130 Å². The van der Waals surface area contributed by atoms with E-state index >= 15 is 0 Å². The van der Waals surface area contributed by atoms with Crippen molar-refractivity contribution >= 4 is 24.6 Å². The van der Waals surface area contributed by atoms with Gasteiger partial charge in [0.25, 0.3) is 0 Å². The average Bonchev–Trinajstić information content (AvgIpc) is 2.60. The predicted molar refractivity (Wildman–Crippen MR) is 88.3 cm³/mol. The van der Waals surface area contributed by atoms with Gasteiger partial charge in [-0.1, -0.05) is 6.08 Å². The maximum atomic E-state index is 13.5. The van der Waals surface area contributed by atoms with Gasteiger partial charge in [-0.3, -0.25) is 0 Å². The van der Waals surface area contributed by atoms with E-state index < -0.39 is 24.1 Å². The van der Waals surface area contributed by atoms with Crippen LogP contribution in [0.3, 0.4) is 0 Å². The fourth-order valence-electron chi connectivity index (χ4n) is 2.20. The van der Waals surface area contributed by atoms with E-state index in [2.05, 4.69) is 0 Å². The van der Waals surface area contributed by atoms with Gasteiger partial charge >= 0.3 is 7.12 Å². The maximum Gasteiger partial charge on any atom is 0.491 e. The zero-order chi connectivity index (χ0) is 16.7. The van der Waals surface area contributed by atoms with Crippen LogP contribution in [0.4, 0.5) is 15.8 Å².